The van der Waals surface area contributed by atoms with Crippen molar-refractivity contribution in [2.24, 2.45) is 5.41 Å². The highest BCUT2D eigenvalue weighted by molar-refractivity contribution is 5.10. The van der Waals surface area contributed by atoms with Crippen LogP contribution in [0, 0.1) is 12.3 Å². The highest BCUT2D eigenvalue weighted by Gasteiger charge is 2.36. The fourth-order valence-corrected chi connectivity index (χ4v) is 3.37. The number of rotatable bonds is 3. The van der Waals surface area contributed by atoms with Gasteiger partial charge in [-0.1, -0.05) is 12.1 Å². The minimum absolute atomic E-state index is 0.428. The van der Waals surface area contributed by atoms with Crippen molar-refractivity contribution in [3.05, 3.63) is 17.5 Å². The molecule has 1 aromatic heterocycles. The van der Waals surface area contributed by atoms with Crippen molar-refractivity contribution in [1.82, 2.24) is 15.4 Å². The lowest BCUT2D eigenvalue weighted by atomic mass is 9.89. The fraction of sp³-hybridized carbons (Fsp3) is 0.786. The monoisotopic (exact) mass is 249 g/mol. The molecule has 2 unspecified atom stereocenters. The SMILES string of the molecule is Cc1cc(C2CCCN2CC2(C)CCNC2)on1. The van der Waals surface area contributed by atoms with Crippen molar-refractivity contribution < 1.29 is 4.52 Å². The van der Waals surface area contributed by atoms with Crippen LogP contribution in [-0.2, 0) is 0 Å². The van der Waals surface area contributed by atoms with Crippen LogP contribution in [0.15, 0.2) is 10.6 Å². The molecule has 0 amide bonds. The molecule has 0 radical (unpaired) electrons. The summed E-state index contributed by atoms with van der Waals surface area (Å²) < 4.78 is 5.47. The van der Waals surface area contributed by atoms with Gasteiger partial charge in [0.1, 0.15) is 0 Å². The fourth-order valence-electron chi connectivity index (χ4n) is 3.37. The Bertz CT molecular complexity index is 409. The highest BCUT2D eigenvalue weighted by atomic mass is 16.5. The zero-order valence-corrected chi connectivity index (χ0v) is 11.4. The topological polar surface area (TPSA) is 41.3 Å². The van der Waals surface area contributed by atoms with E-state index in [9.17, 15) is 0 Å². The average Bonchev–Trinajstić information content (AvgIpc) is 3.01. The van der Waals surface area contributed by atoms with Gasteiger partial charge in [-0.15, -0.1) is 0 Å². The Morgan fingerprint density at radius 3 is 3.17 bits per heavy atom. The molecule has 2 fully saturated rings. The van der Waals surface area contributed by atoms with Crippen molar-refractivity contribution in [3.8, 4) is 0 Å². The van der Waals surface area contributed by atoms with Gasteiger partial charge in [0.05, 0.1) is 11.7 Å². The van der Waals surface area contributed by atoms with Gasteiger partial charge in [-0.25, -0.2) is 0 Å². The van der Waals surface area contributed by atoms with E-state index in [4.69, 9.17) is 4.52 Å². The van der Waals surface area contributed by atoms with E-state index >= 15 is 0 Å². The third-order valence-electron chi connectivity index (χ3n) is 4.38. The quantitative estimate of drug-likeness (QED) is 0.891. The Hall–Kier alpha value is -0.870. The molecule has 4 nitrogen and oxygen atoms in total. The molecule has 0 aliphatic carbocycles. The lowest BCUT2D eigenvalue weighted by molar-refractivity contribution is 0.146. The summed E-state index contributed by atoms with van der Waals surface area (Å²) in [4.78, 5) is 2.59. The van der Waals surface area contributed by atoms with Crippen LogP contribution in [0.4, 0.5) is 0 Å². The number of aryl methyl sites for hydroxylation is 1. The van der Waals surface area contributed by atoms with Gasteiger partial charge in [-0.05, 0) is 44.7 Å². The lowest BCUT2D eigenvalue weighted by Gasteiger charge is -2.32. The van der Waals surface area contributed by atoms with Crippen molar-refractivity contribution in [2.45, 2.75) is 39.2 Å². The molecule has 4 heteroatoms. The zero-order chi connectivity index (χ0) is 12.6. The molecule has 100 valence electrons. The second-order valence-corrected chi connectivity index (χ2v) is 6.24. The molecule has 2 aliphatic heterocycles. The number of nitrogens with one attached hydrogen (secondary N) is 1. The number of likely N-dealkylation sites (tertiary alicyclic amines) is 1. The summed E-state index contributed by atoms with van der Waals surface area (Å²) in [5.41, 5.74) is 1.42. The standard InChI is InChI=1S/C14H23N3O/c1-11-8-13(18-16-11)12-4-3-7-17(12)10-14(2)5-6-15-9-14/h8,12,15H,3-7,9-10H2,1-2H3. The zero-order valence-electron chi connectivity index (χ0n) is 11.4. The van der Waals surface area contributed by atoms with Gasteiger partial charge in [-0.2, -0.15) is 0 Å². The molecular weight excluding hydrogens is 226 g/mol. The van der Waals surface area contributed by atoms with Crippen molar-refractivity contribution in [1.29, 1.82) is 0 Å². The first-order valence-electron chi connectivity index (χ1n) is 7.04. The predicted molar refractivity (Wildman–Crippen MR) is 70.4 cm³/mol. The van der Waals surface area contributed by atoms with E-state index in [1.54, 1.807) is 0 Å². The van der Waals surface area contributed by atoms with E-state index in [0.29, 0.717) is 11.5 Å². The molecule has 3 heterocycles. The van der Waals surface area contributed by atoms with Crippen LogP contribution in [0.25, 0.3) is 0 Å². The lowest BCUT2D eigenvalue weighted by Crippen LogP contribution is -2.37. The van der Waals surface area contributed by atoms with Gasteiger partial charge >= 0.3 is 0 Å². The third kappa shape index (κ3) is 2.31. The maximum atomic E-state index is 5.47. The van der Waals surface area contributed by atoms with Crippen LogP contribution in [-0.4, -0.2) is 36.2 Å². The van der Waals surface area contributed by atoms with Gasteiger partial charge in [0.2, 0.25) is 0 Å². The van der Waals surface area contributed by atoms with Crippen LogP contribution in [0.5, 0.6) is 0 Å². The first-order valence-corrected chi connectivity index (χ1v) is 7.04. The van der Waals surface area contributed by atoms with Crippen LogP contribution in [0.3, 0.4) is 0 Å². The van der Waals surface area contributed by atoms with Crippen LogP contribution in [0.1, 0.15) is 43.7 Å². The highest BCUT2D eigenvalue weighted by Crippen LogP contribution is 2.36. The van der Waals surface area contributed by atoms with Crippen LogP contribution in [0.2, 0.25) is 0 Å². The summed E-state index contributed by atoms with van der Waals surface area (Å²) in [6, 6.07) is 2.54. The maximum Gasteiger partial charge on any atom is 0.154 e. The van der Waals surface area contributed by atoms with Gasteiger partial charge in [0.15, 0.2) is 5.76 Å². The molecule has 2 saturated heterocycles. The largest absolute Gasteiger partial charge is 0.359 e. The second kappa shape index (κ2) is 4.67. The summed E-state index contributed by atoms with van der Waals surface area (Å²) in [6.07, 6.45) is 3.76. The smallest absolute Gasteiger partial charge is 0.154 e. The number of aromatic nitrogens is 1. The Balaban J connectivity index is 1.71. The van der Waals surface area contributed by atoms with E-state index in [2.05, 4.69) is 28.4 Å². The Morgan fingerprint density at radius 2 is 2.50 bits per heavy atom. The third-order valence-corrected chi connectivity index (χ3v) is 4.38. The minimum Gasteiger partial charge on any atom is -0.359 e. The van der Waals surface area contributed by atoms with Crippen molar-refractivity contribution in [2.75, 3.05) is 26.2 Å². The number of hydrogen-bond acceptors (Lipinski definition) is 4. The Labute approximate surface area is 109 Å². The van der Waals surface area contributed by atoms with E-state index in [1.165, 1.54) is 32.4 Å². The second-order valence-electron chi connectivity index (χ2n) is 6.24. The molecule has 0 spiro atoms. The predicted octanol–water partition coefficient (Wildman–Crippen LogP) is 2.12. The van der Waals surface area contributed by atoms with Crippen molar-refractivity contribution in [3.63, 3.8) is 0 Å². The summed E-state index contributed by atoms with van der Waals surface area (Å²) in [6.45, 7) is 9.06. The van der Waals surface area contributed by atoms with Gasteiger partial charge in [-0.3, -0.25) is 4.90 Å². The van der Waals surface area contributed by atoms with E-state index in [1.807, 2.05) is 6.92 Å². The molecule has 0 bridgehead atoms. The molecule has 1 aromatic rings. The number of hydrogen-bond donors (Lipinski definition) is 1. The number of nitrogens with zero attached hydrogens (tertiary/aromatic N) is 2. The van der Waals surface area contributed by atoms with Crippen LogP contribution < -0.4 is 5.32 Å². The van der Waals surface area contributed by atoms with Crippen LogP contribution >= 0.6 is 0 Å². The van der Waals surface area contributed by atoms with Gasteiger partial charge in [0, 0.05) is 19.2 Å². The summed E-state index contributed by atoms with van der Waals surface area (Å²) >= 11 is 0. The Kier molecular flexibility index (Phi) is 3.16. The van der Waals surface area contributed by atoms with E-state index in [-0.39, 0.29) is 0 Å². The summed E-state index contributed by atoms with van der Waals surface area (Å²) in [7, 11) is 0. The van der Waals surface area contributed by atoms with Crippen molar-refractivity contribution >= 4 is 0 Å². The first kappa shape index (κ1) is 12.2. The molecule has 0 aromatic carbocycles. The van der Waals surface area contributed by atoms with E-state index < -0.39 is 0 Å². The molecular formula is C14H23N3O. The van der Waals surface area contributed by atoms with Gasteiger partial charge in [0.25, 0.3) is 0 Å². The first-order chi connectivity index (χ1) is 8.66. The van der Waals surface area contributed by atoms with E-state index in [0.717, 1.165) is 24.5 Å². The average molecular weight is 249 g/mol. The molecule has 0 saturated carbocycles. The minimum atomic E-state index is 0.428. The molecule has 2 aliphatic rings. The summed E-state index contributed by atoms with van der Waals surface area (Å²) in [5.74, 6) is 1.06. The molecule has 2 atom stereocenters. The summed E-state index contributed by atoms with van der Waals surface area (Å²) in [5, 5.41) is 7.51. The molecule has 3 rings (SSSR count). The maximum absolute atomic E-state index is 5.47. The molecule has 1 N–H and O–H groups in total. The Morgan fingerprint density at radius 1 is 1.61 bits per heavy atom. The van der Waals surface area contributed by atoms with Gasteiger partial charge < -0.3 is 9.84 Å². The normalized spacial score (nSPS) is 33.3. The molecule has 18 heavy (non-hydrogen) atoms.